The van der Waals surface area contributed by atoms with Crippen LogP contribution >= 0.6 is 0 Å². The Kier molecular flexibility index (Phi) is 9.51. The lowest BCUT2D eigenvalue weighted by Crippen LogP contribution is -2.71. The SMILES string of the molecule is Cc1ccc(O)c2c1[C@]13CCN(C)[C@H](C)[C@]1(O)CC=C(OC(=O)CCC(=O)O[C@H](C(=O)O[C@H](CC(=O)O)C(=O)O)c1ccccc1)[C@@H]3O2. The number of likely N-dealkylation sites (tertiary alicyclic amines) is 1. The number of benzene rings is 2. The van der Waals surface area contributed by atoms with Gasteiger partial charge in [-0.3, -0.25) is 14.4 Å². The van der Waals surface area contributed by atoms with Gasteiger partial charge in [0.1, 0.15) is 5.76 Å². The molecule has 0 aromatic heterocycles. The Hall–Kier alpha value is -4.95. The van der Waals surface area contributed by atoms with Gasteiger partial charge in [0.25, 0.3) is 0 Å². The Morgan fingerprint density at radius 2 is 1.71 bits per heavy atom. The molecule has 2 aromatic rings. The van der Waals surface area contributed by atoms with Crippen LogP contribution in [0, 0.1) is 6.92 Å². The molecule has 0 radical (unpaired) electrons. The summed E-state index contributed by atoms with van der Waals surface area (Å²) in [5.41, 5.74) is -0.781. The lowest BCUT2D eigenvalue weighted by molar-refractivity contribution is -0.179. The average Bonchev–Trinajstić information content (AvgIpc) is 3.42. The highest BCUT2D eigenvalue weighted by Crippen LogP contribution is 2.62. The number of hydrogen-bond donors (Lipinski definition) is 4. The number of piperidine rings is 1. The van der Waals surface area contributed by atoms with Crippen molar-refractivity contribution >= 4 is 29.8 Å². The quantitative estimate of drug-likeness (QED) is 0.201. The summed E-state index contributed by atoms with van der Waals surface area (Å²) in [5, 5.41) is 41.3. The predicted octanol–water partition coefficient (Wildman–Crippen LogP) is 2.52. The molecule has 0 amide bonds. The van der Waals surface area contributed by atoms with Crippen molar-refractivity contribution in [3.8, 4) is 11.5 Å². The molecule has 1 spiro atoms. The van der Waals surface area contributed by atoms with Gasteiger partial charge in [-0.25, -0.2) is 9.59 Å². The fraction of sp³-hybridized carbons (Fsp3) is 0.441. The number of carbonyl (C=O) groups excluding carboxylic acids is 3. The van der Waals surface area contributed by atoms with Crippen LogP contribution in [-0.4, -0.2) is 92.6 Å². The maximum Gasteiger partial charge on any atom is 0.353 e. The van der Waals surface area contributed by atoms with E-state index < -0.39 is 78.4 Å². The average molecular weight is 668 g/mol. The Balaban J connectivity index is 1.30. The smallest absolute Gasteiger partial charge is 0.353 e. The molecule has 0 saturated carbocycles. The molecular weight excluding hydrogens is 630 g/mol. The maximum absolute atomic E-state index is 13.1. The molecule has 0 unspecified atom stereocenters. The van der Waals surface area contributed by atoms with Crippen LogP contribution in [0.1, 0.15) is 61.8 Å². The number of nitrogens with zero attached hydrogens (tertiary/aromatic N) is 1. The van der Waals surface area contributed by atoms with Gasteiger partial charge in [-0.15, -0.1) is 0 Å². The molecule has 4 N–H and O–H groups in total. The number of phenolic OH excluding ortho intramolecular Hbond substituents is 1. The highest BCUT2D eigenvalue weighted by Gasteiger charge is 2.69. The molecule has 1 fully saturated rings. The van der Waals surface area contributed by atoms with Gasteiger partial charge >= 0.3 is 29.8 Å². The Morgan fingerprint density at radius 1 is 1.02 bits per heavy atom. The van der Waals surface area contributed by atoms with Crippen LogP contribution in [0.2, 0.25) is 0 Å². The first-order valence-electron chi connectivity index (χ1n) is 15.4. The zero-order valence-corrected chi connectivity index (χ0v) is 26.6. The molecule has 6 atom stereocenters. The van der Waals surface area contributed by atoms with Crippen molar-refractivity contribution in [2.75, 3.05) is 13.6 Å². The number of hydrogen-bond acceptors (Lipinski definition) is 12. The molecule has 14 nitrogen and oxygen atoms in total. The van der Waals surface area contributed by atoms with Crippen molar-refractivity contribution in [2.45, 2.75) is 81.3 Å². The summed E-state index contributed by atoms with van der Waals surface area (Å²) in [6.07, 6.45) is -4.59. The third kappa shape index (κ3) is 6.08. The van der Waals surface area contributed by atoms with Crippen LogP contribution in [0.15, 0.2) is 54.3 Å². The third-order valence-corrected chi connectivity index (χ3v) is 9.56. The summed E-state index contributed by atoms with van der Waals surface area (Å²) in [5.74, 6) is -6.12. The molecule has 2 aliphatic heterocycles. The van der Waals surface area contributed by atoms with Gasteiger partial charge in [-0.2, -0.15) is 0 Å². The summed E-state index contributed by atoms with van der Waals surface area (Å²) in [6.45, 7) is 4.38. The molecule has 1 aliphatic carbocycles. The van der Waals surface area contributed by atoms with E-state index in [4.69, 9.17) is 24.1 Å². The number of phenols is 1. The van der Waals surface area contributed by atoms with Gasteiger partial charge in [-0.1, -0.05) is 36.4 Å². The zero-order valence-electron chi connectivity index (χ0n) is 26.6. The monoisotopic (exact) mass is 667 g/mol. The normalized spacial score (nSPS) is 25.5. The first kappa shape index (κ1) is 34.4. The Bertz CT molecular complexity index is 1660. The third-order valence-electron chi connectivity index (χ3n) is 9.56. The van der Waals surface area contributed by atoms with Crippen LogP contribution in [0.5, 0.6) is 11.5 Å². The van der Waals surface area contributed by atoms with Crippen LogP contribution < -0.4 is 4.74 Å². The minimum atomic E-state index is -2.03. The van der Waals surface area contributed by atoms with Crippen molar-refractivity contribution in [3.63, 3.8) is 0 Å². The molecule has 3 aliphatic rings. The number of aliphatic carboxylic acids is 2. The first-order valence-corrected chi connectivity index (χ1v) is 15.4. The van der Waals surface area contributed by atoms with Gasteiger partial charge in [0.2, 0.25) is 12.2 Å². The van der Waals surface area contributed by atoms with Crippen LogP contribution in [0.3, 0.4) is 0 Å². The van der Waals surface area contributed by atoms with Crippen molar-refractivity contribution in [1.82, 2.24) is 4.90 Å². The van der Waals surface area contributed by atoms with Crippen molar-refractivity contribution in [1.29, 1.82) is 0 Å². The van der Waals surface area contributed by atoms with Gasteiger partial charge in [-0.05, 0) is 51.6 Å². The number of ether oxygens (including phenoxy) is 4. The van der Waals surface area contributed by atoms with E-state index in [2.05, 4.69) is 0 Å². The van der Waals surface area contributed by atoms with Crippen molar-refractivity contribution in [2.24, 2.45) is 0 Å². The number of carbonyl (C=O) groups is 5. The second-order valence-electron chi connectivity index (χ2n) is 12.3. The van der Waals surface area contributed by atoms with Crippen molar-refractivity contribution in [3.05, 3.63) is 71.0 Å². The topological polar surface area (TPSA) is 206 Å². The minimum absolute atomic E-state index is 0.106. The number of likely N-dealkylation sites (N-methyl/N-ethyl adjacent to an activating group) is 1. The number of rotatable bonds is 11. The molecule has 0 bridgehead atoms. The molecular formula is C34H37NO13. The number of carboxylic acid groups (broad SMARTS) is 2. The molecule has 2 heterocycles. The largest absolute Gasteiger partial charge is 0.504 e. The van der Waals surface area contributed by atoms with Gasteiger partial charge in [0.15, 0.2) is 17.6 Å². The fourth-order valence-electron chi connectivity index (χ4n) is 7.00. The number of esters is 3. The molecule has 2 aromatic carbocycles. The molecule has 1 saturated heterocycles. The van der Waals surface area contributed by atoms with Gasteiger partial charge in [0, 0.05) is 23.6 Å². The molecule has 48 heavy (non-hydrogen) atoms. The van der Waals surface area contributed by atoms with Crippen LogP contribution in [-0.2, 0) is 43.6 Å². The lowest BCUT2D eigenvalue weighted by Gasteiger charge is -2.58. The van der Waals surface area contributed by atoms with Crippen LogP contribution in [0.4, 0.5) is 0 Å². The van der Waals surface area contributed by atoms with E-state index in [9.17, 15) is 39.3 Å². The minimum Gasteiger partial charge on any atom is -0.504 e. The van der Waals surface area contributed by atoms with Crippen molar-refractivity contribution < 1.29 is 63.3 Å². The Labute approximate surface area is 275 Å². The first-order chi connectivity index (χ1) is 22.7. The van der Waals surface area contributed by atoms with Gasteiger partial charge in [0.05, 0.1) is 30.3 Å². The fourth-order valence-corrected chi connectivity index (χ4v) is 7.00. The second-order valence-corrected chi connectivity index (χ2v) is 12.3. The second kappa shape index (κ2) is 13.3. The summed E-state index contributed by atoms with van der Waals surface area (Å²) in [7, 11) is 1.91. The highest BCUT2D eigenvalue weighted by molar-refractivity contribution is 5.86. The number of fused-ring (bicyclic) bond motifs is 1. The Morgan fingerprint density at radius 3 is 2.38 bits per heavy atom. The van der Waals surface area contributed by atoms with E-state index >= 15 is 0 Å². The highest BCUT2D eigenvalue weighted by atomic mass is 16.6. The summed E-state index contributed by atoms with van der Waals surface area (Å²) >= 11 is 0. The van der Waals surface area contributed by atoms with E-state index in [1.165, 1.54) is 30.3 Å². The maximum atomic E-state index is 13.1. The molecule has 14 heteroatoms. The standard InChI is InChI=1S/C34H37NO13/c1-18-9-10-21(36)29-27(18)33-15-16-35(3)19(2)34(33,44)14-13-22(30(33)48-29)45-25(39)11-12-26(40)47-28(20-7-5-4-6-8-20)32(43)46-23(31(41)42)17-24(37)38/h4-10,13,19,23,28,30,36,44H,11-12,14-17H2,1-3H3,(H,37,38)(H,41,42)/t19-,23-,28+,30+,33+,34-/m1/s1. The molecule has 256 valence electrons. The number of aromatic hydroxyl groups is 1. The van der Waals surface area contributed by atoms with E-state index in [-0.39, 0.29) is 35.3 Å². The van der Waals surface area contributed by atoms with E-state index in [0.717, 1.165) is 5.56 Å². The van der Waals surface area contributed by atoms with E-state index in [1.807, 2.05) is 25.8 Å². The summed E-state index contributed by atoms with van der Waals surface area (Å²) in [4.78, 5) is 63.4. The molecule has 5 rings (SSSR count). The van der Waals surface area contributed by atoms with Gasteiger partial charge < -0.3 is 44.3 Å². The van der Waals surface area contributed by atoms with E-state index in [1.54, 1.807) is 18.2 Å². The van der Waals surface area contributed by atoms with E-state index in [0.29, 0.717) is 18.5 Å². The lowest BCUT2D eigenvalue weighted by atomic mass is 9.54. The number of aliphatic hydroxyl groups is 1. The predicted molar refractivity (Wildman–Crippen MR) is 164 cm³/mol. The number of aryl methyl sites for hydroxylation is 1. The number of carboxylic acids is 2. The zero-order chi connectivity index (χ0) is 35.0. The summed E-state index contributed by atoms with van der Waals surface area (Å²) < 4.78 is 22.2. The summed E-state index contributed by atoms with van der Waals surface area (Å²) in [6, 6.07) is 10.5. The van der Waals surface area contributed by atoms with Crippen LogP contribution in [0.25, 0.3) is 0 Å².